The van der Waals surface area contributed by atoms with Crippen LogP contribution in [-0.4, -0.2) is 58.9 Å². The van der Waals surface area contributed by atoms with E-state index in [1.807, 2.05) is 18.3 Å². The van der Waals surface area contributed by atoms with Crippen LogP contribution in [-0.2, 0) is 32.8 Å². The molecular weight excluding hydrogens is 978 g/mol. The molecule has 0 aliphatic carbocycles. The number of para-hydroxylation sites is 3. The van der Waals surface area contributed by atoms with Crippen LogP contribution in [0.4, 0.5) is 22.7 Å². The second kappa shape index (κ2) is 20.4. The Kier molecular flexibility index (Phi) is 14.2. The van der Waals surface area contributed by atoms with Gasteiger partial charge in [-0.3, -0.25) is 4.57 Å². The molecule has 2 aromatic heterocycles. The van der Waals surface area contributed by atoms with Gasteiger partial charge in [-0.15, -0.1) is 0 Å². The van der Waals surface area contributed by atoms with Crippen molar-refractivity contribution >= 4 is 98.2 Å². The normalized spacial score (nSPS) is 16.0. The SMILES string of the molecule is CC(C)(C)B1OB(c2cccc(B3OB(C(C)(C)C)OB(C(C)(C)C)O3)c2N2CN(c3cccc(Oc4ccc5c6cc(-c7ccccc7)ccc6n(-c6cc(C(C)(C)C)ccn6)c5c4)c3)c3ccccc32)OB(C(C)(C)C)O1. The van der Waals surface area contributed by atoms with Crippen molar-refractivity contribution in [1.82, 2.24) is 9.55 Å². The molecule has 5 heterocycles. The zero-order valence-electron chi connectivity index (χ0n) is 48.8. The average molecular weight is 1050 g/mol. The van der Waals surface area contributed by atoms with Gasteiger partial charge >= 0.3 is 42.7 Å². The van der Waals surface area contributed by atoms with Crippen molar-refractivity contribution in [2.75, 3.05) is 16.5 Å². The van der Waals surface area contributed by atoms with Gasteiger partial charge in [0, 0.05) is 51.4 Å². The fourth-order valence-electron chi connectivity index (χ4n) is 10.7. The van der Waals surface area contributed by atoms with Crippen molar-refractivity contribution in [3.05, 3.63) is 157 Å². The lowest BCUT2D eigenvalue weighted by Crippen LogP contribution is -2.62. The van der Waals surface area contributed by atoms with E-state index in [9.17, 15) is 0 Å². The van der Waals surface area contributed by atoms with Crippen molar-refractivity contribution in [2.45, 2.75) is 131 Å². The smallest absolute Gasteiger partial charge is 0.457 e. The van der Waals surface area contributed by atoms with E-state index in [0.29, 0.717) is 18.2 Å². The number of fused-ring (bicyclic) bond motifs is 4. The van der Waals surface area contributed by atoms with E-state index >= 15 is 0 Å². The maximum atomic E-state index is 6.93. The van der Waals surface area contributed by atoms with Crippen LogP contribution in [0.2, 0.25) is 21.3 Å². The Hall–Kier alpha value is -6.18. The summed E-state index contributed by atoms with van der Waals surface area (Å²) in [7, 11) is -3.83. The summed E-state index contributed by atoms with van der Waals surface area (Å²) in [5.74, 6) is 2.27. The Morgan fingerprint density at radius 2 is 0.987 bits per heavy atom. The molecule has 2 fully saturated rings. The van der Waals surface area contributed by atoms with Crippen LogP contribution in [0, 0.1) is 0 Å². The molecule has 2 saturated heterocycles. The standard InChI is InChI=1S/C62H72B6N4O7/c1-58(2,3)44-35-36-69-56(38-44)72-52-34-31-43(42-23-17-16-18-24-42)37-49(52)48-33-32-47(40-55(48)72)73-46-26-21-25-45(39-46)70-41-71(54-30-20-19-29-53(54)70)57-50(63-74-65(59(4,5)6)78-66(75-63)60(7,8)9)27-22-28-51(57)64-76-67(61(10,11)12)79-68(77-64)62(13,14)15/h16-40H,41H2,1-15H3. The van der Waals surface area contributed by atoms with E-state index in [1.165, 1.54) is 11.1 Å². The predicted molar refractivity (Wildman–Crippen MR) is 330 cm³/mol. The lowest BCUT2D eigenvalue weighted by molar-refractivity contribution is 0.250. The van der Waals surface area contributed by atoms with E-state index in [0.717, 1.165) is 66.9 Å². The van der Waals surface area contributed by atoms with Crippen LogP contribution in [0.25, 0.3) is 38.8 Å². The number of anilines is 4. The van der Waals surface area contributed by atoms with Crippen molar-refractivity contribution < 1.29 is 32.2 Å². The van der Waals surface area contributed by atoms with Crippen molar-refractivity contribution in [1.29, 1.82) is 0 Å². The molecule has 0 saturated carbocycles. The molecule has 0 atom stereocenters. The molecule has 8 aromatic rings. The van der Waals surface area contributed by atoms with Crippen LogP contribution in [0.5, 0.6) is 11.5 Å². The maximum Gasteiger partial charge on any atom is 0.468 e. The van der Waals surface area contributed by atoms with Gasteiger partial charge in [0.25, 0.3) is 0 Å². The van der Waals surface area contributed by atoms with Gasteiger partial charge in [0.2, 0.25) is 0 Å². The van der Waals surface area contributed by atoms with Gasteiger partial charge in [0.1, 0.15) is 24.0 Å². The van der Waals surface area contributed by atoms with Crippen molar-refractivity contribution in [3.63, 3.8) is 0 Å². The molecule has 400 valence electrons. The minimum Gasteiger partial charge on any atom is -0.457 e. The van der Waals surface area contributed by atoms with Gasteiger partial charge in [0.15, 0.2) is 0 Å². The van der Waals surface area contributed by atoms with Gasteiger partial charge in [-0.2, -0.15) is 0 Å². The first-order valence-corrected chi connectivity index (χ1v) is 27.9. The summed E-state index contributed by atoms with van der Waals surface area (Å²) in [4.78, 5) is 9.65. The molecule has 3 aliphatic rings. The lowest BCUT2D eigenvalue weighted by Gasteiger charge is -2.43. The topological polar surface area (TPSA) is 88.9 Å². The summed E-state index contributed by atoms with van der Waals surface area (Å²) in [6, 6.07) is 51.1. The Morgan fingerprint density at radius 3 is 1.56 bits per heavy atom. The van der Waals surface area contributed by atoms with Crippen LogP contribution in [0.1, 0.15) is 109 Å². The third-order valence-corrected chi connectivity index (χ3v) is 15.0. The first kappa shape index (κ1) is 54.8. The number of pyridine rings is 1. The number of ether oxygens (including phenoxy) is 1. The Labute approximate surface area is 470 Å². The van der Waals surface area contributed by atoms with Gasteiger partial charge in [-0.25, -0.2) is 4.98 Å². The fraction of sp³-hybridized carbons (Fsp3) is 0.339. The third kappa shape index (κ3) is 10.9. The highest BCUT2D eigenvalue weighted by atomic mass is 16.7. The minimum absolute atomic E-state index is 0.0625. The van der Waals surface area contributed by atoms with E-state index in [-0.39, 0.29) is 26.7 Å². The first-order valence-electron chi connectivity index (χ1n) is 27.9. The van der Waals surface area contributed by atoms with Crippen LogP contribution in [0.3, 0.4) is 0 Å². The van der Waals surface area contributed by atoms with Crippen molar-refractivity contribution in [2.24, 2.45) is 0 Å². The third-order valence-electron chi connectivity index (χ3n) is 15.0. The zero-order chi connectivity index (χ0) is 56.0. The molecule has 0 bridgehead atoms. The number of aromatic nitrogens is 2. The molecule has 0 unspecified atom stereocenters. The van der Waals surface area contributed by atoms with E-state index < -0.39 is 42.7 Å². The van der Waals surface area contributed by atoms with Crippen LogP contribution < -0.4 is 25.5 Å². The number of hydrogen-bond donors (Lipinski definition) is 0. The minimum atomic E-state index is -0.799. The quantitative estimate of drug-likeness (QED) is 0.137. The highest BCUT2D eigenvalue weighted by Crippen LogP contribution is 2.47. The van der Waals surface area contributed by atoms with Crippen LogP contribution in [0.15, 0.2) is 152 Å². The summed E-state index contributed by atoms with van der Waals surface area (Å²) < 4.78 is 50.2. The number of hydrogen-bond acceptors (Lipinski definition) is 10. The first-order chi connectivity index (χ1) is 37.3. The van der Waals surface area contributed by atoms with E-state index in [4.69, 9.17) is 37.2 Å². The van der Waals surface area contributed by atoms with Gasteiger partial charge < -0.3 is 42.0 Å². The molecule has 79 heavy (non-hydrogen) atoms. The lowest BCUT2D eigenvalue weighted by atomic mass is 9.49. The van der Waals surface area contributed by atoms with Gasteiger partial charge in [-0.05, 0) is 104 Å². The zero-order valence-corrected chi connectivity index (χ0v) is 48.8. The molecule has 17 heteroatoms. The second-order valence-electron chi connectivity index (χ2n) is 26.9. The molecule has 6 aromatic carbocycles. The predicted octanol–water partition coefficient (Wildman–Crippen LogP) is 14.9. The van der Waals surface area contributed by atoms with E-state index in [1.54, 1.807) is 0 Å². The van der Waals surface area contributed by atoms with Gasteiger partial charge in [-0.1, -0.05) is 177 Å². The molecule has 11 rings (SSSR count). The van der Waals surface area contributed by atoms with E-state index in [2.05, 4.69) is 252 Å². The molecular formula is C62H72B6N4O7. The molecule has 0 radical (unpaired) electrons. The molecule has 0 spiro atoms. The Balaban J connectivity index is 0.993. The molecule has 11 nitrogen and oxygen atoms in total. The van der Waals surface area contributed by atoms with Crippen LogP contribution >= 0.6 is 0 Å². The molecule has 0 N–H and O–H groups in total. The summed E-state index contributed by atoms with van der Waals surface area (Å²) in [6.45, 7) is 32.8. The highest BCUT2D eigenvalue weighted by Gasteiger charge is 2.55. The maximum absolute atomic E-state index is 6.93. The largest absolute Gasteiger partial charge is 0.468 e. The van der Waals surface area contributed by atoms with Crippen molar-refractivity contribution in [3.8, 4) is 28.4 Å². The number of rotatable bonds is 8. The summed E-state index contributed by atoms with van der Waals surface area (Å²) >= 11 is 0. The summed E-state index contributed by atoms with van der Waals surface area (Å²) in [6.07, 6.45) is 1.92. The average Bonchev–Trinajstić information content (AvgIpc) is 4.11. The van der Waals surface area contributed by atoms with Gasteiger partial charge in [0.05, 0.1) is 22.4 Å². The summed E-state index contributed by atoms with van der Waals surface area (Å²) in [5.41, 5.74) is 11.1. The molecule has 3 aliphatic heterocycles. The number of nitrogens with zero attached hydrogens (tertiary/aromatic N) is 4. The second-order valence-corrected chi connectivity index (χ2v) is 26.9. The number of benzene rings is 6. The summed E-state index contributed by atoms with van der Waals surface area (Å²) in [5, 5.41) is 0.840. The fourth-order valence-corrected chi connectivity index (χ4v) is 10.7. The Morgan fingerprint density at radius 1 is 0.443 bits per heavy atom. The highest BCUT2D eigenvalue weighted by molar-refractivity contribution is 6.84. The monoisotopic (exact) mass is 1050 g/mol. The molecule has 0 amide bonds. The Bertz CT molecular complexity index is 3440.